The van der Waals surface area contributed by atoms with Gasteiger partial charge in [-0.3, -0.25) is 4.98 Å². The molecule has 0 aliphatic carbocycles. The molecule has 0 radical (unpaired) electrons. The molecule has 0 amide bonds. The van der Waals surface area contributed by atoms with Crippen LogP contribution in [0.4, 0.5) is 13.2 Å². The van der Waals surface area contributed by atoms with Crippen molar-refractivity contribution in [3.63, 3.8) is 0 Å². The van der Waals surface area contributed by atoms with Gasteiger partial charge in [0.25, 0.3) is 0 Å². The molecule has 0 bridgehead atoms. The summed E-state index contributed by atoms with van der Waals surface area (Å²) < 4.78 is 38.0. The molecule has 0 atom stereocenters. The van der Waals surface area contributed by atoms with Crippen molar-refractivity contribution in [2.75, 3.05) is 0 Å². The predicted octanol–water partition coefficient (Wildman–Crippen LogP) is 3.10. The summed E-state index contributed by atoms with van der Waals surface area (Å²) in [6.07, 6.45) is -3.30. The van der Waals surface area contributed by atoms with Gasteiger partial charge >= 0.3 is 6.18 Å². The second-order valence-electron chi connectivity index (χ2n) is 3.38. The summed E-state index contributed by atoms with van der Waals surface area (Å²) in [5.41, 5.74) is -1.37. The van der Waals surface area contributed by atoms with Crippen LogP contribution in [0.15, 0.2) is 12.3 Å². The number of hydrogen-bond donors (Lipinski definition) is 0. The number of nitriles is 1. The quantitative estimate of drug-likeness (QED) is 0.720. The summed E-state index contributed by atoms with van der Waals surface area (Å²) in [6.45, 7) is 3.22. The molecule has 2 nitrogen and oxygen atoms in total. The molecule has 15 heavy (non-hydrogen) atoms. The maximum Gasteiger partial charge on any atom is 0.419 e. The van der Waals surface area contributed by atoms with E-state index in [1.54, 1.807) is 13.8 Å². The number of halogens is 3. The summed E-state index contributed by atoms with van der Waals surface area (Å²) in [5.74, 6) is -0.366. The molecule has 0 unspecified atom stereocenters. The smallest absolute Gasteiger partial charge is 0.260 e. The first-order valence-corrected chi connectivity index (χ1v) is 4.34. The summed E-state index contributed by atoms with van der Waals surface area (Å²) in [7, 11) is 0. The van der Waals surface area contributed by atoms with Crippen LogP contribution in [0.2, 0.25) is 0 Å². The van der Waals surface area contributed by atoms with Crippen LogP contribution in [0.25, 0.3) is 0 Å². The molecule has 1 aromatic heterocycles. The van der Waals surface area contributed by atoms with Crippen LogP contribution in [0.5, 0.6) is 0 Å². The third-order valence-electron chi connectivity index (χ3n) is 1.93. The van der Waals surface area contributed by atoms with E-state index in [-0.39, 0.29) is 17.2 Å². The van der Waals surface area contributed by atoms with Gasteiger partial charge in [-0.1, -0.05) is 13.8 Å². The fourth-order valence-corrected chi connectivity index (χ4v) is 1.31. The molecule has 0 fully saturated rings. The highest BCUT2D eigenvalue weighted by atomic mass is 19.4. The van der Waals surface area contributed by atoms with Crippen LogP contribution in [0, 0.1) is 11.3 Å². The van der Waals surface area contributed by atoms with Gasteiger partial charge in [-0.05, 0) is 12.0 Å². The molecule has 0 aliphatic heterocycles. The van der Waals surface area contributed by atoms with Crippen molar-refractivity contribution in [1.29, 1.82) is 5.26 Å². The van der Waals surface area contributed by atoms with E-state index in [1.807, 2.05) is 0 Å². The largest absolute Gasteiger partial charge is 0.419 e. The van der Waals surface area contributed by atoms with Gasteiger partial charge < -0.3 is 0 Å². The SMILES string of the molecule is CC(C)c1nccc(C#N)c1C(F)(F)F. The Morgan fingerprint density at radius 3 is 2.40 bits per heavy atom. The minimum atomic E-state index is -4.53. The van der Waals surface area contributed by atoms with Gasteiger partial charge in [0.1, 0.15) is 0 Å². The van der Waals surface area contributed by atoms with Crippen LogP contribution in [-0.4, -0.2) is 4.98 Å². The van der Waals surface area contributed by atoms with E-state index in [9.17, 15) is 13.2 Å². The molecule has 0 saturated heterocycles. The lowest BCUT2D eigenvalue weighted by Gasteiger charge is -2.15. The third-order valence-corrected chi connectivity index (χ3v) is 1.93. The maximum atomic E-state index is 12.7. The van der Waals surface area contributed by atoms with Gasteiger partial charge in [0, 0.05) is 6.20 Å². The van der Waals surface area contributed by atoms with Crippen molar-refractivity contribution in [3.8, 4) is 6.07 Å². The highest BCUT2D eigenvalue weighted by molar-refractivity contribution is 5.42. The van der Waals surface area contributed by atoms with Crippen molar-refractivity contribution in [2.24, 2.45) is 0 Å². The molecular weight excluding hydrogens is 205 g/mol. The van der Waals surface area contributed by atoms with Crippen LogP contribution < -0.4 is 0 Å². The zero-order valence-corrected chi connectivity index (χ0v) is 8.26. The topological polar surface area (TPSA) is 36.7 Å². The summed E-state index contributed by atoms with van der Waals surface area (Å²) in [5, 5.41) is 8.61. The van der Waals surface area contributed by atoms with Gasteiger partial charge in [0.15, 0.2) is 0 Å². The Kier molecular flexibility index (Phi) is 2.98. The van der Waals surface area contributed by atoms with Crippen molar-refractivity contribution < 1.29 is 13.2 Å². The fraction of sp³-hybridized carbons (Fsp3) is 0.400. The Labute approximate surface area is 85.4 Å². The van der Waals surface area contributed by atoms with E-state index in [4.69, 9.17) is 5.26 Å². The molecule has 0 N–H and O–H groups in total. The molecule has 1 aromatic rings. The maximum absolute atomic E-state index is 12.7. The number of pyridine rings is 1. The Morgan fingerprint density at radius 2 is 2.00 bits per heavy atom. The number of alkyl halides is 3. The molecule has 0 aliphatic rings. The van der Waals surface area contributed by atoms with Crippen molar-refractivity contribution in [2.45, 2.75) is 25.9 Å². The Morgan fingerprint density at radius 1 is 1.40 bits per heavy atom. The molecule has 80 valence electrons. The van der Waals surface area contributed by atoms with Crippen molar-refractivity contribution in [1.82, 2.24) is 4.98 Å². The highest BCUT2D eigenvalue weighted by Crippen LogP contribution is 2.36. The second-order valence-corrected chi connectivity index (χ2v) is 3.38. The van der Waals surface area contributed by atoms with Gasteiger partial charge in [-0.2, -0.15) is 18.4 Å². The van der Waals surface area contributed by atoms with E-state index < -0.39 is 11.7 Å². The lowest BCUT2D eigenvalue weighted by Crippen LogP contribution is -2.14. The number of aromatic nitrogens is 1. The lowest BCUT2D eigenvalue weighted by atomic mass is 9.99. The van der Waals surface area contributed by atoms with Crippen LogP contribution in [0.1, 0.15) is 36.6 Å². The first kappa shape index (κ1) is 11.5. The van der Waals surface area contributed by atoms with E-state index in [1.165, 1.54) is 12.3 Å². The van der Waals surface area contributed by atoms with Gasteiger partial charge in [-0.15, -0.1) is 0 Å². The van der Waals surface area contributed by atoms with E-state index in [0.717, 1.165) is 6.07 Å². The molecule has 0 aromatic carbocycles. The molecule has 1 heterocycles. The Bertz CT molecular complexity index is 402. The average Bonchev–Trinajstić information content (AvgIpc) is 2.15. The zero-order valence-electron chi connectivity index (χ0n) is 8.26. The number of rotatable bonds is 1. The monoisotopic (exact) mass is 214 g/mol. The normalized spacial score (nSPS) is 11.5. The van der Waals surface area contributed by atoms with E-state index in [2.05, 4.69) is 4.98 Å². The lowest BCUT2D eigenvalue weighted by molar-refractivity contribution is -0.138. The van der Waals surface area contributed by atoms with E-state index in [0.29, 0.717) is 0 Å². The van der Waals surface area contributed by atoms with Crippen LogP contribution in [-0.2, 0) is 6.18 Å². The fourth-order valence-electron chi connectivity index (χ4n) is 1.31. The molecule has 0 saturated carbocycles. The van der Waals surface area contributed by atoms with Crippen LogP contribution in [0.3, 0.4) is 0 Å². The van der Waals surface area contributed by atoms with Gasteiger partial charge in [0.05, 0.1) is 22.9 Å². The molecule has 5 heteroatoms. The Hall–Kier alpha value is -1.57. The molecular formula is C10H9F3N2. The van der Waals surface area contributed by atoms with Gasteiger partial charge in [-0.25, -0.2) is 0 Å². The van der Waals surface area contributed by atoms with Crippen molar-refractivity contribution in [3.05, 3.63) is 29.1 Å². The minimum Gasteiger partial charge on any atom is -0.260 e. The molecule has 0 spiro atoms. The van der Waals surface area contributed by atoms with Crippen LogP contribution >= 0.6 is 0 Å². The molecule has 1 rings (SSSR count). The highest BCUT2D eigenvalue weighted by Gasteiger charge is 2.37. The second kappa shape index (κ2) is 3.89. The first-order chi connectivity index (χ1) is 6.88. The zero-order chi connectivity index (χ0) is 11.6. The summed E-state index contributed by atoms with van der Waals surface area (Å²) >= 11 is 0. The third kappa shape index (κ3) is 2.27. The predicted molar refractivity (Wildman–Crippen MR) is 48.0 cm³/mol. The Balaban J connectivity index is 3.50. The van der Waals surface area contributed by atoms with E-state index >= 15 is 0 Å². The number of hydrogen-bond acceptors (Lipinski definition) is 2. The van der Waals surface area contributed by atoms with Gasteiger partial charge in [0.2, 0.25) is 0 Å². The van der Waals surface area contributed by atoms with Crippen molar-refractivity contribution >= 4 is 0 Å². The minimum absolute atomic E-state index is 0.0819. The number of nitrogens with zero attached hydrogens (tertiary/aromatic N) is 2. The average molecular weight is 214 g/mol. The standard InChI is InChI=1S/C10H9F3N2/c1-6(2)9-8(10(11,12)13)7(5-14)3-4-15-9/h3-4,6H,1-2H3. The first-order valence-electron chi connectivity index (χ1n) is 4.34. The summed E-state index contributed by atoms with van der Waals surface area (Å²) in [4.78, 5) is 3.68. The summed E-state index contributed by atoms with van der Waals surface area (Å²) in [6, 6.07) is 2.62.